The second-order valence-electron chi connectivity index (χ2n) is 7.66. The Labute approximate surface area is 169 Å². The maximum atomic E-state index is 12.4. The van der Waals surface area contributed by atoms with Gasteiger partial charge < -0.3 is 15.0 Å². The number of aromatic nitrogens is 3. The van der Waals surface area contributed by atoms with E-state index in [2.05, 4.69) is 31.5 Å². The number of hydrogen-bond acceptors (Lipinski definition) is 6. The molecule has 29 heavy (non-hydrogen) atoms. The molecule has 2 aromatic heterocycles. The first kappa shape index (κ1) is 18.0. The largest absolute Gasteiger partial charge is 0.378 e. The molecule has 0 radical (unpaired) electrons. The van der Waals surface area contributed by atoms with Gasteiger partial charge in [0.1, 0.15) is 5.52 Å². The van der Waals surface area contributed by atoms with Crippen molar-refractivity contribution >= 4 is 22.6 Å². The van der Waals surface area contributed by atoms with Gasteiger partial charge in [0.2, 0.25) is 0 Å². The molecule has 7 heteroatoms. The van der Waals surface area contributed by atoms with Gasteiger partial charge in [0.15, 0.2) is 5.82 Å². The molecule has 1 aromatic carbocycles. The molecule has 1 aliphatic carbocycles. The van der Waals surface area contributed by atoms with E-state index >= 15 is 0 Å². The average molecular weight is 389 g/mol. The SMILES string of the molecule is O=C(NCC1CC1)c1cccc(-c2cnc3c(N4CCOCC4)nncc3c2)c1. The van der Waals surface area contributed by atoms with E-state index in [-0.39, 0.29) is 5.91 Å². The predicted molar refractivity (Wildman–Crippen MR) is 111 cm³/mol. The lowest BCUT2D eigenvalue weighted by atomic mass is 10.0. The molecule has 0 atom stereocenters. The molecule has 1 amide bonds. The number of amides is 1. The molecule has 0 bridgehead atoms. The minimum Gasteiger partial charge on any atom is -0.378 e. The Balaban J connectivity index is 1.43. The van der Waals surface area contributed by atoms with Crippen molar-refractivity contribution in [3.05, 3.63) is 48.3 Å². The molecule has 2 fully saturated rings. The van der Waals surface area contributed by atoms with Crippen LogP contribution in [-0.4, -0.2) is 53.9 Å². The summed E-state index contributed by atoms with van der Waals surface area (Å²) in [4.78, 5) is 19.3. The number of rotatable bonds is 5. The van der Waals surface area contributed by atoms with Gasteiger partial charge in [0.25, 0.3) is 5.91 Å². The third-order valence-corrected chi connectivity index (χ3v) is 5.50. The van der Waals surface area contributed by atoms with Crippen LogP contribution >= 0.6 is 0 Å². The highest BCUT2D eigenvalue weighted by atomic mass is 16.5. The van der Waals surface area contributed by atoms with Gasteiger partial charge in [-0.05, 0) is 42.5 Å². The molecule has 0 spiro atoms. The molecule has 0 unspecified atom stereocenters. The summed E-state index contributed by atoms with van der Waals surface area (Å²) in [6.45, 7) is 3.71. The second kappa shape index (κ2) is 7.75. The standard InChI is InChI=1S/C22H23N5O2/c28-22(24-12-15-4-5-15)17-3-1-2-16(10-17)18-11-19-14-25-26-21(20(19)23-13-18)27-6-8-29-9-7-27/h1-3,10-11,13-15H,4-9,12H2,(H,24,28). The maximum absolute atomic E-state index is 12.4. The zero-order chi connectivity index (χ0) is 19.6. The molecule has 1 saturated heterocycles. The third-order valence-electron chi connectivity index (χ3n) is 5.50. The smallest absolute Gasteiger partial charge is 0.251 e. The van der Waals surface area contributed by atoms with Gasteiger partial charge in [-0.3, -0.25) is 9.78 Å². The molecule has 7 nitrogen and oxygen atoms in total. The van der Waals surface area contributed by atoms with Crippen LogP contribution in [0.1, 0.15) is 23.2 Å². The van der Waals surface area contributed by atoms with E-state index in [1.807, 2.05) is 30.5 Å². The normalized spacial score (nSPS) is 16.8. The number of morpholine rings is 1. The number of fused-ring (bicyclic) bond motifs is 1. The quantitative estimate of drug-likeness (QED) is 0.723. The number of ether oxygens (including phenoxy) is 1. The van der Waals surface area contributed by atoms with E-state index in [1.54, 1.807) is 6.20 Å². The van der Waals surface area contributed by atoms with Crippen molar-refractivity contribution in [3.63, 3.8) is 0 Å². The molecule has 3 heterocycles. The Morgan fingerprint density at radius 2 is 2.00 bits per heavy atom. The zero-order valence-corrected chi connectivity index (χ0v) is 16.2. The number of benzene rings is 1. The van der Waals surface area contributed by atoms with Crippen LogP contribution in [0.15, 0.2) is 42.7 Å². The summed E-state index contributed by atoms with van der Waals surface area (Å²) in [6.07, 6.45) is 6.02. The van der Waals surface area contributed by atoms with Crippen molar-refractivity contribution in [3.8, 4) is 11.1 Å². The van der Waals surface area contributed by atoms with E-state index in [9.17, 15) is 4.79 Å². The molecular formula is C22H23N5O2. The molecule has 1 saturated carbocycles. The first-order valence-corrected chi connectivity index (χ1v) is 10.1. The van der Waals surface area contributed by atoms with Gasteiger partial charge >= 0.3 is 0 Å². The minimum atomic E-state index is -0.0204. The number of nitrogens with one attached hydrogen (secondary N) is 1. The van der Waals surface area contributed by atoms with E-state index < -0.39 is 0 Å². The Morgan fingerprint density at radius 3 is 2.83 bits per heavy atom. The second-order valence-corrected chi connectivity index (χ2v) is 7.66. The lowest BCUT2D eigenvalue weighted by Gasteiger charge is -2.27. The Bertz CT molecular complexity index is 1040. The summed E-state index contributed by atoms with van der Waals surface area (Å²) >= 11 is 0. The predicted octanol–water partition coefficient (Wildman–Crippen LogP) is 2.67. The monoisotopic (exact) mass is 389 g/mol. The summed E-state index contributed by atoms with van der Waals surface area (Å²) in [5.41, 5.74) is 3.42. The molecule has 1 aliphatic heterocycles. The number of carbonyl (C=O) groups excluding carboxylic acids is 1. The summed E-state index contributed by atoms with van der Waals surface area (Å²) < 4.78 is 5.43. The van der Waals surface area contributed by atoms with Gasteiger partial charge in [-0.2, -0.15) is 5.10 Å². The molecule has 2 aliphatic rings. The summed E-state index contributed by atoms with van der Waals surface area (Å²) in [6, 6.07) is 9.74. The van der Waals surface area contributed by atoms with E-state index in [0.29, 0.717) is 24.7 Å². The molecule has 3 aromatic rings. The number of carbonyl (C=O) groups is 1. The molecule has 148 valence electrons. The van der Waals surface area contributed by atoms with Crippen molar-refractivity contribution in [2.75, 3.05) is 37.7 Å². The van der Waals surface area contributed by atoms with Gasteiger partial charge in [-0.1, -0.05) is 12.1 Å². The highest BCUT2D eigenvalue weighted by molar-refractivity contribution is 5.96. The first-order chi connectivity index (χ1) is 14.3. The number of anilines is 1. The van der Waals surface area contributed by atoms with Crippen molar-refractivity contribution < 1.29 is 9.53 Å². The van der Waals surface area contributed by atoms with Crippen LogP contribution in [0, 0.1) is 5.92 Å². The summed E-state index contributed by atoms with van der Waals surface area (Å²) in [7, 11) is 0. The average Bonchev–Trinajstić information content (AvgIpc) is 3.62. The van der Waals surface area contributed by atoms with Gasteiger partial charge in [-0.25, -0.2) is 0 Å². The third kappa shape index (κ3) is 3.91. The Kier molecular flexibility index (Phi) is 4.81. The number of nitrogens with zero attached hydrogens (tertiary/aromatic N) is 4. The summed E-state index contributed by atoms with van der Waals surface area (Å²) in [5.74, 6) is 1.44. The van der Waals surface area contributed by atoms with Gasteiger partial charge in [0.05, 0.1) is 19.4 Å². The van der Waals surface area contributed by atoms with Crippen LogP contribution in [0.25, 0.3) is 22.0 Å². The van der Waals surface area contributed by atoms with E-state index in [0.717, 1.165) is 47.5 Å². The summed E-state index contributed by atoms with van der Waals surface area (Å²) in [5, 5.41) is 12.5. The fraction of sp³-hybridized carbons (Fsp3) is 0.364. The van der Waals surface area contributed by atoms with Gasteiger partial charge in [-0.15, -0.1) is 5.10 Å². The first-order valence-electron chi connectivity index (χ1n) is 10.1. The molecule has 1 N–H and O–H groups in total. The van der Waals surface area contributed by atoms with Crippen LogP contribution in [0.5, 0.6) is 0 Å². The lowest BCUT2D eigenvalue weighted by molar-refractivity contribution is 0.0952. The zero-order valence-electron chi connectivity index (χ0n) is 16.2. The van der Waals surface area contributed by atoms with Crippen molar-refractivity contribution in [1.29, 1.82) is 0 Å². The highest BCUT2D eigenvalue weighted by Crippen LogP contribution is 2.29. The number of hydrogen-bond donors (Lipinski definition) is 1. The minimum absolute atomic E-state index is 0.0204. The van der Waals surface area contributed by atoms with Crippen LogP contribution in [0.2, 0.25) is 0 Å². The maximum Gasteiger partial charge on any atom is 0.251 e. The van der Waals surface area contributed by atoms with Crippen molar-refractivity contribution in [2.24, 2.45) is 5.92 Å². The highest BCUT2D eigenvalue weighted by Gasteiger charge is 2.22. The van der Waals surface area contributed by atoms with Gasteiger partial charge in [0, 0.05) is 42.3 Å². The lowest BCUT2D eigenvalue weighted by Crippen LogP contribution is -2.37. The Hall–Kier alpha value is -3.06. The number of pyridine rings is 1. The topological polar surface area (TPSA) is 80.2 Å². The van der Waals surface area contributed by atoms with E-state index in [1.165, 1.54) is 12.8 Å². The van der Waals surface area contributed by atoms with Crippen molar-refractivity contribution in [1.82, 2.24) is 20.5 Å². The molecule has 5 rings (SSSR count). The van der Waals surface area contributed by atoms with E-state index in [4.69, 9.17) is 4.74 Å². The fourth-order valence-electron chi connectivity index (χ4n) is 3.61. The molecular weight excluding hydrogens is 366 g/mol. The Morgan fingerprint density at radius 1 is 1.14 bits per heavy atom. The van der Waals surface area contributed by atoms with Crippen LogP contribution in [0.3, 0.4) is 0 Å². The van der Waals surface area contributed by atoms with Crippen LogP contribution in [0.4, 0.5) is 5.82 Å². The van der Waals surface area contributed by atoms with Crippen LogP contribution < -0.4 is 10.2 Å². The fourth-order valence-corrected chi connectivity index (χ4v) is 3.61. The van der Waals surface area contributed by atoms with Crippen molar-refractivity contribution in [2.45, 2.75) is 12.8 Å². The van der Waals surface area contributed by atoms with Crippen LogP contribution in [-0.2, 0) is 4.74 Å².